The predicted octanol–water partition coefficient (Wildman–Crippen LogP) is 4.94. The first kappa shape index (κ1) is 19.0. The molecule has 0 amide bonds. The van der Waals surface area contributed by atoms with Crippen LogP contribution in [0, 0.1) is 6.92 Å². The molecule has 0 N–H and O–H groups in total. The SMILES string of the molecule is CCOc1cc(/C=C2/C(=O)ON=C2C)cc(Cl)c1OCc1ccc(C)cc1. The number of oxime groups is 1. The Hall–Kier alpha value is -2.79. The van der Waals surface area contributed by atoms with Crippen LogP contribution in [0.3, 0.4) is 0 Å². The van der Waals surface area contributed by atoms with Crippen molar-refractivity contribution in [1.29, 1.82) is 0 Å². The van der Waals surface area contributed by atoms with Gasteiger partial charge in [0.2, 0.25) is 0 Å². The normalized spacial score (nSPS) is 14.9. The second kappa shape index (κ2) is 8.27. The molecule has 1 heterocycles. The smallest absolute Gasteiger partial charge is 0.367 e. The zero-order valence-corrected chi connectivity index (χ0v) is 16.2. The zero-order chi connectivity index (χ0) is 19.4. The molecule has 1 aliphatic heterocycles. The topological polar surface area (TPSA) is 57.1 Å². The second-order valence-electron chi connectivity index (χ2n) is 6.15. The molecule has 6 heteroatoms. The first-order valence-corrected chi connectivity index (χ1v) is 8.98. The van der Waals surface area contributed by atoms with Crippen LogP contribution in [0.4, 0.5) is 0 Å². The third-order valence-corrected chi connectivity index (χ3v) is 4.30. The Bertz CT molecular complexity index is 917. The highest BCUT2D eigenvalue weighted by atomic mass is 35.5. The van der Waals surface area contributed by atoms with E-state index in [0.29, 0.717) is 46.6 Å². The van der Waals surface area contributed by atoms with Gasteiger partial charge in [0.25, 0.3) is 0 Å². The number of ether oxygens (including phenoxy) is 2. The Labute approximate surface area is 163 Å². The van der Waals surface area contributed by atoms with Crippen LogP contribution in [0.2, 0.25) is 5.02 Å². The standard InChI is InChI=1S/C21H20ClNO4/c1-4-25-19-11-16(9-17-14(3)23-27-21(17)24)10-18(22)20(19)26-12-15-7-5-13(2)6-8-15/h5-11H,4,12H2,1-3H3/b17-9+. The van der Waals surface area contributed by atoms with Gasteiger partial charge >= 0.3 is 5.97 Å². The quantitative estimate of drug-likeness (QED) is 0.522. The molecule has 5 nitrogen and oxygen atoms in total. The van der Waals surface area contributed by atoms with E-state index in [1.165, 1.54) is 5.56 Å². The summed E-state index contributed by atoms with van der Waals surface area (Å²) in [6.07, 6.45) is 1.67. The lowest BCUT2D eigenvalue weighted by atomic mass is 10.1. The first-order chi connectivity index (χ1) is 13.0. The minimum absolute atomic E-state index is 0.374. The summed E-state index contributed by atoms with van der Waals surface area (Å²) >= 11 is 6.44. The third-order valence-electron chi connectivity index (χ3n) is 4.02. The zero-order valence-electron chi connectivity index (χ0n) is 15.4. The van der Waals surface area contributed by atoms with Gasteiger partial charge in [0.05, 0.1) is 22.9 Å². The van der Waals surface area contributed by atoms with E-state index in [1.54, 1.807) is 25.1 Å². The van der Waals surface area contributed by atoms with Crippen LogP contribution in [0.25, 0.3) is 6.08 Å². The Morgan fingerprint density at radius 3 is 2.52 bits per heavy atom. The van der Waals surface area contributed by atoms with Crippen molar-refractivity contribution in [3.05, 3.63) is 63.7 Å². The number of rotatable bonds is 6. The average molecular weight is 386 g/mol. The van der Waals surface area contributed by atoms with E-state index in [9.17, 15) is 4.79 Å². The van der Waals surface area contributed by atoms with Crippen molar-refractivity contribution in [2.45, 2.75) is 27.4 Å². The molecule has 1 aliphatic rings. The highest BCUT2D eigenvalue weighted by Crippen LogP contribution is 2.38. The number of halogens is 1. The van der Waals surface area contributed by atoms with Crippen LogP contribution in [-0.2, 0) is 16.2 Å². The van der Waals surface area contributed by atoms with Crippen molar-refractivity contribution < 1.29 is 19.1 Å². The fourth-order valence-electron chi connectivity index (χ4n) is 2.60. The van der Waals surface area contributed by atoms with Gasteiger partial charge in [-0.3, -0.25) is 0 Å². The minimum atomic E-state index is -0.485. The van der Waals surface area contributed by atoms with Gasteiger partial charge in [-0.05, 0) is 50.1 Å². The number of carbonyl (C=O) groups is 1. The Morgan fingerprint density at radius 1 is 1.15 bits per heavy atom. The highest BCUT2D eigenvalue weighted by Gasteiger charge is 2.22. The van der Waals surface area contributed by atoms with Gasteiger partial charge in [-0.25, -0.2) is 4.79 Å². The minimum Gasteiger partial charge on any atom is -0.490 e. The van der Waals surface area contributed by atoms with Gasteiger partial charge in [-0.15, -0.1) is 0 Å². The van der Waals surface area contributed by atoms with Crippen molar-refractivity contribution in [3.63, 3.8) is 0 Å². The number of carbonyl (C=O) groups excluding carboxylic acids is 1. The summed E-state index contributed by atoms with van der Waals surface area (Å²) in [6.45, 7) is 6.46. The molecule has 140 valence electrons. The Kier molecular flexibility index (Phi) is 5.81. The summed E-state index contributed by atoms with van der Waals surface area (Å²) in [7, 11) is 0. The van der Waals surface area contributed by atoms with Crippen molar-refractivity contribution in [2.24, 2.45) is 5.16 Å². The predicted molar refractivity (Wildman–Crippen MR) is 105 cm³/mol. The number of hydrogen-bond donors (Lipinski definition) is 0. The van der Waals surface area contributed by atoms with Gasteiger partial charge in [0.15, 0.2) is 11.5 Å². The lowest BCUT2D eigenvalue weighted by molar-refractivity contribution is -0.136. The third kappa shape index (κ3) is 4.49. The van der Waals surface area contributed by atoms with Gasteiger partial charge in [0, 0.05) is 0 Å². The summed E-state index contributed by atoms with van der Waals surface area (Å²) in [5, 5.41) is 4.08. The highest BCUT2D eigenvalue weighted by molar-refractivity contribution is 6.32. The lowest BCUT2D eigenvalue weighted by Gasteiger charge is -2.15. The first-order valence-electron chi connectivity index (χ1n) is 8.60. The van der Waals surface area contributed by atoms with E-state index in [4.69, 9.17) is 21.1 Å². The van der Waals surface area contributed by atoms with Crippen LogP contribution in [0.1, 0.15) is 30.5 Å². The fourth-order valence-corrected chi connectivity index (χ4v) is 2.87. The van der Waals surface area contributed by atoms with E-state index in [2.05, 4.69) is 9.99 Å². The van der Waals surface area contributed by atoms with Crippen LogP contribution in [-0.4, -0.2) is 18.3 Å². The maximum atomic E-state index is 11.7. The van der Waals surface area contributed by atoms with Crippen LogP contribution >= 0.6 is 11.6 Å². The molecule has 0 unspecified atom stereocenters. The molecule has 2 aromatic carbocycles. The largest absolute Gasteiger partial charge is 0.490 e. The van der Waals surface area contributed by atoms with Crippen molar-refractivity contribution in [2.75, 3.05) is 6.61 Å². The molecule has 0 radical (unpaired) electrons. The van der Waals surface area contributed by atoms with Crippen molar-refractivity contribution in [3.8, 4) is 11.5 Å². The van der Waals surface area contributed by atoms with E-state index >= 15 is 0 Å². The molecule has 0 saturated carbocycles. The molecule has 27 heavy (non-hydrogen) atoms. The van der Waals surface area contributed by atoms with Gasteiger partial charge in [0.1, 0.15) is 6.61 Å². The summed E-state index contributed by atoms with van der Waals surface area (Å²) in [6, 6.07) is 11.6. The van der Waals surface area contributed by atoms with E-state index in [1.807, 2.05) is 38.1 Å². The molecule has 0 atom stereocenters. The molecule has 0 bridgehead atoms. The van der Waals surface area contributed by atoms with Crippen molar-refractivity contribution in [1.82, 2.24) is 0 Å². The van der Waals surface area contributed by atoms with E-state index in [-0.39, 0.29) is 0 Å². The fraction of sp³-hybridized carbons (Fsp3) is 0.238. The average Bonchev–Trinajstić information content (AvgIpc) is 2.95. The number of hydrogen-bond acceptors (Lipinski definition) is 5. The number of nitrogens with zero attached hydrogens (tertiary/aromatic N) is 1. The van der Waals surface area contributed by atoms with Crippen LogP contribution < -0.4 is 9.47 Å². The summed E-state index contributed by atoms with van der Waals surface area (Å²) in [5.74, 6) is 0.506. The molecular weight excluding hydrogens is 366 g/mol. The summed E-state index contributed by atoms with van der Waals surface area (Å²) in [5.41, 5.74) is 3.84. The van der Waals surface area contributed by atoms with Crippen LogP contribution in [0.15, 0.2) is 47.1 Å². The molecule has 0 fully saturated rings. The van der Waals surface area contributed by atoms with Crippen molar-refractivity contribution >= 4 is 29.4 Å². The van der Waals surface area contributed by atoms with E-state index in [0.717, 1.165) is 5.56 Å². The van der Waals surface area contributed by atoms with Gasteiger partial charge in [-0.1, -0.05) is 46.6 Å². The lowest BCUT2D eigenvalue weighted by Crippen LogP contribution is -2.03. The molecule has 0 aromatic heterocycles. The second-order valence-corrected chi connectivity index (χ2v) is 6.56. The van der Waals surface area contributed by atoms with E-state index < -0.39 is 5.97 Å². The Morgan fingerprint density at radius 2 is 1.89 bits per heavy atom. The molecule has 2 aromatic rings. The molecule has 3 rings (SSSR count). The maximum Gasteiger partial charge on any atom is 0.367 e. The summed E-state index contributed by atoms with van der Waals surface area (Å²) in [4.78, 5) is 16.4. The monoisotopic (exact) mass is 385 g/mol. The van der Waals surface area contributed by atoms with Crippen LogP contribution in [0.5, 0.6) is 11.5 Å². The maximum absolute atomic E-state index is 11.7. The number of benzene rings is 2. The Balaban J connectivity index is 1.88. The van der Waals surface area contributed by atoms with Gasteiger partial charge < -0.3 is 14.3 Å². The molecule has 0 spiro atoms. The van der Waals surface area contributed by atoms with Gasteiger partial charge in [-0.2, -0.15) is 0 Å². The molecule has 0 aliphatic carbocycles. The summed E-state index contributed by atoms with van der Waals surface area (Å²) < 4.78 is 11.6. The molecule has 0 saturated heterocycles. The molecular formula is C21H20ClNO4. The number of aryl methyl sites for hydroxylation is 1.